The summed E-state index contributed by atoms with van der Waals surface area (Å²) in [5.41, 5.74) is 4.93. The van der Waals surface area contributed by atoms with Crippen LogP contribution in [-0.2, 0) is 13.0 Å². The van der Waals surface area contributed by atoms with Gasteiger partial charge >= 0.3 is 0 Å². The normalized spacial score (nSPS) is 13.5. The topological polar surface area (TPSA) is 28.2 Å². The second-order valence-corrected chi connectivity index (χ2v) is 5.25. The van der Waals surface area contributed by atoms with Crippen LogP contribution in [-0.4, -0.2) is 18.6 Å². The molecule has 0 fully saturated rings. The maximum atomic E-state index is 6.09. The van der Waals surface area contributed by atoms with E-state index in [1.54, 1.807) is 18.5 Å². The number of benzene rings is 1. The van der Waals surface area contributed by atoms with E-state index in [4.69, 9.17) is 11.6 Å². The summed E-state index contributed by atoms with van der Waals surface area (Å²) in [5.74, 6) is 0. The number of halogens is 1. The molecule has 2 heterocycles. The van der Waals surface area contributed by atoms with Gasteiger partial charge in [0.25, 0.3) is 0 Å². The molecule has 2 aromatic rings. The van der Waals surface area contributed by atoms with Gasteiger partial charge in [-0.2, -0.15) is 0 Å². The predicted molar refractivity (Wildman–Crippen MR) is 80.0 cm³/mol. The van der Waals surface area contributed by atoms with Crippen LogP contribution in [0.5, 0.6) is 0 Å². The van der Waals surface area contributed by atoms with Crippen LogP contribution in [0.2, 0.25) is 5.02 Å². The summed E-state index contributed by atoms with van der Waals surface area (Å²) >= 11 is 6.09. The summed E-state index contributed by atoms with van der Waals surface area (Å²) in [6.07, 6.45) is 4.58. The highest BCUT2D eigenvalue weighted by atomic mass is 35.5. The van der Waals surface area contributed by atoms with Gasteiger partial charge in [-0.3, -0.25) is 4.98 Å². The molecule has 0 amide bonds. The molecular formula is C15H16ClN3. The van der Waals surface area contributed by atoms with E-state index < -0.39 is 0 Å². The lowest BCUT2D eigenvalue weighted by molar-refractivity contribution is 0.955. The molecule has 0 aliphatic carbocycles. The highest BCUT2D eigenvalue weighted by Gasteiger charge is 2.15. The number of anilines is 2. The van der Waals surface area contributed by atoms with E-state index in [0.29, 0.717) is 5.02 Å². The maximum absolute atomic E-state index is 6.09. The largest absolute Gasteiger partial charge is 0.379 e. The van der Waals surface area contributed by atoms with Gasteiger partial charge in [0.1, 0.15) is 0 Å². The number of likely N-dealkylation sites (N-methyl/N-ethyl adjacent to an activating group) is 1. The van der Waals surface area contributed by atoms with Crippen molar-refractivity contribution in [2.24, 2.45) is 0 Å². The Hall–Kier alpha value is -1.74. The van der Waals surface area contributed by atoms with E-state index in [0.717, 1.165) is 25.2 Å². The zero-order valence-electron chi connectivity index (χ0n) is 10.9. The molecule has 1 N–H and O–H groups in total. The molecule has 98 valence electrons. The monoisotopic (exact) mass is 273 g/mol. The van der Waals surface area contributed by atoms with Crippen LogP contribution in [0.1, 0.15) is 11.1 Å². The molecule has 0 bridgehead atoms. The first-order chi connectivity index (χ1) is 9.24. The van der Waals surface area contributed by atoms with Crippen LogP contribution in [0.3, 0.4) is 0 Å². The van der Waals surface area contributed by atoms with Gasteiger partial charge in [0.2, 0.25) is 0 Å². The number of aromatic nitrogens is 1. The van der Waals surface area contributed by atoms with Crippen molar-refractivity contribution >= 4 is 23.0 Å². The van der Waals surface area contributed by atoms with Gasteiger partial charge in [0.05, 0.1) is 16.9 Å². The molecule has 1 aliphatic rings. The molecule has 19 heavy (non-hydrogen) atoms. The van der Waals surface area contributed by atoms with E-state index in [2.05, 4.69) is 40.4 Å². The van der Waals surface area contributed by atoms with Gasteiger partial charge in [-0.25, -0.2) is 0 Å². The SMILES string of the molecule is CN1CCc2cc(CNc3cnccc3Cl)ccc21. The van der Waals surface area contributed by atoms with E-state index in [1.165, 1.54) is 16.8 Å². The average Bonchev–Trinajstić information content (AvgIpc) is 2.79. The molecule has 3 nitrogen and oxygen atoms in total. The van der Waals surface area contributed by atoms with Crippen LogP contribution in [0, 0.1) is 0 Å². The average molecular weight is 274 g/mol. The smallest absolute Gasteiger partial charge is 0.0718 e. The third kappa shape index (κ3) is 2.51. The Morgan fingerprint density at radius 2 is 2.26 bits per heavy atom. The Bertz CT molecular complexity index is 598. The minimum atomic E-state index is 0.705. The molecule has 0 unspecified atom stereocenters. The third-order valence-corrected chi connectivity index (χ3v) is 3.85. The first-order valence-corrected chi connectivity index (χ1v) is 6.78. The summed E-state index contributed by atoms with van der Waals surface area (Å²) in [6, 6.07) is 8.43. The van der Waals surface area contributed by atoms with E-state index in [1.807, 2.05) is 0 Å². The van der Waals surface area contributed by atoms with Crippen molar-refractivity contribution in [3.63, 3.8) is 0 Å². The summed E-state index contributed by atoms with van der Waals surface area (Å²) in [5, 5.41) is 4.03. The molecule has 1 aromatic carbocycles. The standard InChI is InChI=1S/C15H16ClN3/c1-19-7-5-12-8-11(2-3-15(12)19)9-18-14-10-17-6-4-13(14)16/h2-4,6,8,10,18H,5,7,9H2,1H3. The number of nitrogens with zero attached hydrogens (tertiary/aromatic N) is 2. The molecule has 1 aliphatic heterocycles. The Morgan fingerprint density at radius 1 is 1.37 bits per heavy atom. The number of fused-ring (bicyclic) bond motifs is 1. The Morgan fingerprint density at radius 3 is 3.11 bits per heavy atom. The van der Waals surface area contributed by atoms with Crippen LogP contribution < -0.4 is 10.2 Å². The minimum Gasteiger partial charge on any atom is -0.379 e. The second-order valence-electron chi connectivity index (χ2n) is 4.84. The number of nitrogens with one attached hydrogen (secondary N) is 1. The van der Waals surface area contributed by atoms with Gasteiger partial charge in [-0.05, 0) is 29.7 Å². The van der Waals surface area contributed by atoms with Crippen molar-refractivity contribution in [2.45, 2.75) is 13.0 Å². The molecule has 1 aromatic heterocycles. The van der Waals surface area contributed by atoms with Crippen LogP contribution in [0.15, 0.2) is 36.7 Å². The zero-order valence-corrected chi connectivity index (χ0v) is 11.6. The number of pyridine rings is 1. The minimum absolute atomic E-state index is 0.705. The maximum Gasteiger partial charge on any atom is 0.0718 e. The molecule has 0 atom stereocenters. The van der Waals surface area contributed by atoms with Crippen LogP contribution >= 0.6 is 11.6 Å². The predicted octanol–water partition coefficient (Wildman–Crippen LogP) is 3.34. The van der Waals surface area contributed by atoms with Crippen molar-refractivity contribution in [3.05, 3.63) is 52.8 Å². The lowest BCUT2D eigenvalue weighted by Gasteiger charge is -2.13. The van der Waals surface area contributed by atoms with Gasteiger partial charge in [0, 0.05) is 32.0 Å². The lowest BCUT2D eigenvalue weighted by Crippen LogP contribution is -2.12. The van der Waals surface area contributed by atoms with Crippen LogP contribution in [0.25, 0.3) is 0 Å². The number of hydrogen-bond donors (Lipinski definition) is 1. The second kappa shape index (κ2) is 5.10. The van der Waals surface area contributed by atoms with Crippen molar-refractivity contribution in [3.8, 4) is 0 Å². The molecular weight excluding hydrogens is 258 g/mol. The molecule has 3 rings (SSSR count). The lowest BCUT2D eigenvalue weighted by atomic mass is 10.1. The Labute approximate surface area is 118 Å². The van der Waals surface area contributed by atoms with Crippen molar-refractivity contribution < 1.29 is 0 Å². The van der Waals surface area contributed by atoms with Gasteiger partial charge in [-0.15, -0.1) is 0 Å². The highest BCUT2D eigenvalue weighted by molar-refractivity contribution is 6.33. The molecule has 0 saturated heterocycles. The van der Waals surface area contributed by atoms with E-state index in [-0.39, 0.29) is 0 Å². The molecule has 4 heteroatoms. The van der Waals surface area contributed by atoms with Gasteiger partial charge < -0.3 is 10.2 Å². The highest BCUT2D eigenvalue weighted by Crippen LogP contribution is 2.28. The summed E-state index contributed by atoms with van der Waals surface area (Å²) in [7, 11) is 2.14. The first kappa shape index (κ1) is 12.3. The van der Waals surface area contributed by atoms with Crippen molar-refractivity contribution in [1.82, 2.24) is 4.98 Å². The van der Waals surface area contributed by atoms with Gasteiger partial charge in [0.15, 0.2) is 0 Å². The quantitative estimate of drug-likeness (QED) is 0.930. The van der Waals surface area contributed by atoms with Crippen LogP contribution in [0.4, 0.5) is 11.4 Å². The van der Waals surface area contributed by atoms with E-state index >= 15 is 0 Å². The molecule has 0 radical (unpaired) electrons. The van der Waals surface area contributed by atoms with Crippen molar-refractivity contribution in [1.29, 1.82) is 0 Å². The van der Waals surface area contributed by atoms with Crippen molar-refractivity contribution in [2.75, 3.05) is 23.8 Å². The fourth-order valence-electron chi connectivity index (χ4n) is 2.43. The summed E-state index contributed by atoms with van der Waals surface area (Å²) < 4.78 is 0. The zero-order chi connectivity index (χ0) is 13.2. The summed E-state index contributed by atoms with van der Waals surface area (Å²) in [4.78, 5) is 6.37. The fourth-order valence-corrected chi connectivity index (χ4v) is 2.61. The Balaban J connectivity index is 1.73. The molecule has 0 saturated carbocycles. The van der Waals surface area contributed by atoms with Gasteiger partial charge in [-0.1, -0.05) is 23.7 Å². The third-order valence-electron chi connectivity index (χ3n) is 3.52. The number of hydrogen-bond acceptors (Lipinski definition) is 3. The number of rotatable bonds is 3. The van der Waals surface area contributed by atoms with E-state index in [9.17, 15) is 0 Å². The summed E-state index contributed by atoms with van der Waals surface area (Å²) in [6.45, 7) is 1.88. The fraction of sp³-hybridized carbons (Fsp3) is 0.267. The first-order valence-electron chi connectivity index (χ1n) is 6.40. The molecule has 0 spiro atoms. The Kier molecular flexibility index (Phi) is 3.30.